The highest BCUT2D eigenvalue weighted by atomic mass is 16.6. The third-order valence-electron chi connectivity index (χ3n) is 4.25. The number of likely N-dealkylation sites (tertiary alicyclic amines) is 1. The summed E-state index contributed by atoms with van der Waals surface area (Å²) >= 11 is 0. The van der Waals surface area contributed by atoms with Gasteiger partial charge >= 0.3 is 12.1 Å². The number of rotatable bonds is 6. The molecule has 2 amide bonds. The fourth-order valence-corrected chi connectivity index (χ4v) is 2.87. The third kappa shape index (κ3) is 5.94. The van der Waals surface area contributed by atoms with Crippen molar-refractivity contribution in [1.29, 1.82) is 0 Å². The zero-order valence-corrected chi connectivity index (χ0v) is 17.1. The second kappa shape index (κ2) is 9.53. The lowest BCUT2D eigenvalue weighted by Gasteiger charge is -2.26. The predicted molar refractivity (Wildman–Crippen MR) is 105 cm³/mol. The van der Waals surface area contributed by atoms with Crippen molar-refractivity contribution in [2.45, 2.75) is 71.6 Å². The molecule has 0 bridgehead atoms. The smallest absolute Gasteiger partial charge is 0.418 e. The molecule has 0 aromatic heterocycles. The summed E-state index contributed by atoms with van der Waals surface area (Å²) < 4.78 is 10.7. The predicted octanol–water partition coefficient (Wildman–Crippen LogP) is 4.38. The zero-order chi connectivity index (χ0) is 20.7. The first-order chi connectivity index (χ1) is 13.2. The molecule has 1 aromatic carbocycles. The second-order valence-electron chi connectivity index (χ2n) is 7.84. The Morgan fingerprint density at radius 3 is 2.50 bits per heavy atom. The molecule has 1 heterocycles. The van der Waals surface area contributed by atoms with Gasteiger partial charge in [0.15, 0.2) is 0 Å². The Morgan fingerprint density at radius 2 is 1.89 bits per heavy atom. The lowest BCUT2D eigenvalue weighted by molar-refractivity contribution is -0.152. The Kier molecular flexibility index (Phi) is 7.38. The molecular weight excluding hydrogens is 358 g/mol. The van der Waals surface area contributed by atoms with Crippen LogP contribution in [0.3, 0.4) is 0 Å². The average Bonchev–Trinajstić information content (AvgIpc) is 2.96. The van der Waals surface area contributed by atoms with Crippen LogP contribution in [-0.4, -0.2) is 34.5 Å². The Labute approximate surface area is 166 Å². The monoisotopic (exact) mass is 387 g/mol. The first kappa shape index (κ1) is 21.7. The SMILES string of the molecule is CCCC/C=C1\C[C@@H](C(=O)OCc2ccccc2)N(C(=O)OC(C)(C)C)C1=O. The fraction of sp³-hybridized carbons (Fsp3) is 0.500. The van der Waals surface area contributed by atoms with Gasteiger partial charge in [-0.2, -0.15) is 0 Å². The van der Waals surface area contributed by atoms with Crippen molar-refractivity contribution in [3.63, 3.8) is 0 Å². The van der Waals surface area contributed by atoms with Crippen LogP contribution in [0.5, 0.6) is 0 Å². The molecule has 1 atom stereocenters. The van der Waals surface area contributed by atoms with E-state index in [0.29, 0.717) is 5.57 Å². The van der Waals surface area contributed by atoms with E-state index >= 15 is 0 Å². The van der Waals surface area contributed by atoms with Gasteiger partial charge in [0.05, 0.1) is 0 Å². The van der Waals surface area contributed by atoms with Crippen LogP contribution in [0, 0.1) is 0 Å². The molecule has 6 heteroatoms. The number of carbonyl (C=O) groups excluding carboxylic acids is 3. The summed E-state index contributed by atoms with van der Waals surface area (Å²) in [5, 5.41) is 0. The van der Waals surface area contributed by atoms with Gasteiger partial charge in [0, 0.05) is 12.0 Å². The first-order valence-corrected chi connectivity index (χ1v) is 9.69. The minimum Gasteiger partial charge on any atom is -0.459 e. The number of nitrogens with zero attached hydrogens (tertiary/aromatic N) is 1. The number of hydrogen-bond donors (Lipinski definition) is 0. The molecule has 0 N–H and O–H groups in total. The molecule has 1 aliphatic rings. The molecule has 1 aromatic rings. The van der Waals surface area contributed by atoms with Crippen LogP contribution >= 0.6 is 0 Å². The van der Waals surface area contributed by atoms with Crippen LogP contribution in [0.1, 0.15) is 58.9 Å². The molecule has 28 heavy (non-hydrogen) atoms. The second-order valence-corrected chi connectivity index (χ2v) is 7.84. The van der Waals surface area contributed by atoms with Crippen LogP contribution in [0.4, 0.5) is 4.79 Å². The molecule has 1 saturated heterocycles. The number of hydrogen-bond acceptors (Lipinski definition) is 5. The van der Waals surface area contributed by atoms with E-state index in [0.717, 1.165) is 29.7 Å². The van der Waals surface area contributed by atoms with Crippen molar-refractivity contribution in [2.24, 2.45) is 0 Å². The number of imide groups is 1. The molecular formula is C22H29NO5. The van der Waals surface area contributed by atoms with Crippen molar-refractivity contribution < 1.29 is 23.9 Å². The summed E-state index contributed by atoms with van der Waals surface area (Å²) in [5.74, 6) is -1.09. The van der Waals surface area contributed by atoms with Crippen molar-refractivity contribution in [2.75, 3.05) is 0 Å². The van der Waals surface area contributed by atoms with E-state index in [-0.39, 0.29) is 13.0 Å². The number of ether oxygens (including phenoxy) is 2. The number of amides is 2. The number of carbonyl (C=O) groups is 3. The number of allylic oxidation sites excluding steroid dienone is 1. The standard InChI is InChI=1S/C22H29NO5/c1-5-6-8-13-17-14-18(20(25)27-15-16-11-9-7-10-12-16)23(19(17)24)21(26)28-22(2,3)4/h7,9-13,18H,5-6,8,14-15H2,1-4H3/b17-13+/t18-/m0/s1. The summed E-state index contributed by atoms with van der Waals surface area (Å²) in [6, 6.07) is 8.26. The first-order valence-electron chi connectivity index (χ1n) is 9.69. The largest absolute Gasteiger partial charge is 0.459 e. The average molecular weight is 387 g/mol. The van der Waals surface area contributed by atoms with E-state index in [1.54, 1.807) is 20.8 Å². The number of benzene rings is 1. The van der Waals surface area contributed by atoms with E-state index in [4.69, 9.17) is 9.47 Å². The van der Waals surface area contributed by atoms with Gasteiger partial charge in [0.2, 0.25) is 0 Å². The maximum Gasteiger partial charge on any atom is 0.418 e. The minimum atomic E-state index is -1.00. The highest BCUT2D eigenvalue weighted by molar-refractivity contribution is 6.08. The van der Waals surface area contributed by atoms with Crippen molar-refractivity contribution >= 4 is 18.0 Å². The van der Waals surface area contributed by atoms with E-state index in [1.165, 1.54) is 0 Å². The molecule has 0 radical (unpaired) electrons. The molecule has 6 nitrogen and oxygen atoms in total. The summed E-state index contributed by atoms with van der Waals surface area (Å²) in [4.78, 5) is 38.9. The summed E-state index contributed by atoms with van der Waals surface area (Å²) in [6.07, 6.45) is 3.80. The maximum atomic E-state index is 12.8. The van der Waals surface area contributed by atoms with Crippen molar-refractivity contribution in [1.82, 2.24) is 4.90 Å². The maximum absolute atomic E-state index is 12.8. The van der Waals surface area contributed by atoms with Crippen molar-refractivity contribution in [3.8, 4) is 0 Å². The Hall–Kier alpha value is -2.63. The summed E-state index contributed by atoms with van der Waals surface area (Å²) in [7, 11) is 0. The van der Waals surface area contributed by atoms with E-state index in [1.807, 2.05) is 36.4 Å². The molecule has 0 spiro atoms. The third-order valence-corrected chi connectivity index (χ3v) is 4.25. The Bertz CT molecular complexity index is 733. The van der Waals surface area contributed by atoms with Crippen molar-refractivity contribution in [3.05, 3.63) is 47.5 Å². The van der Waals surface area contributed by atoms with Gasteiger partial charge in [0.25, 0.3) is 5.91 Å². The van der Waals surface area contributed by atoms with Crippen LogP contribution < -0.4 is 0 Å². The minimum absolute atomic E-state index is 0.0847. The molecule has 0 unspecified atom stereocenters. The van der Waals surface area contributed by atoms with Crippen LogP contribution in [0.15, 0.2) is 42.0 Å². The normalized spacial score (nSPS) is 18.4. The Morgan fingerprint density at radius 1 is 1.21 bits per heavy atom. The molecule has 0 aliphatic carbocycles. The van der Waals surface area contributed by atoms with Gasteiger partial charge in [-0.05, 0) is 32.8 Å². The number of esters is 1. The molecule has 1 fully saturated rings. The molecule has 0 saturated carbocycles. The molecule has 152 valence electrons. The topological polar surface area (TPSA) is 72.9 Å². The van der Waals surface area contributed by atoms with E-state index in [2.05, 4.69) is 6.92 Å². The van der Waals surface area contributed by atoms with Gasteiger partial charge in [-0.25, -0.2) is 14.5 Å². The number of unbranched alkanes of at least 4 members (excludes halogenated alkanes) is 2. The highest BCUT2D eigenvalue weighted by Gasteiger charge is 2.46. The Balaban J connectivity index is 2.16. The van der Waals surface area contributed by atoms with Crippen LogP contribution in [0.2, 0.25) is 0 Å². The van der Waals surface area contributed by atoms with Gasteiger partial charge in [-0.15, -0.1) is 0 Å². The van der Waals surface area contributed by atoms with Gasteiger partial charge < -0.3 is 9.47 Å². The summed E-state index contributed by atoms with van der Waals surface area (Å²) in [6.45, 7) is 7.29. The van der Waals surface area contributed by atoms with Gasteiger partial charge in [-0.3, -0.25) is 4.79 Å². The highest BCUT2D eigenvalue weighted by Crippen LogP contribution is 2.28. The molecule has 1 aliphatic heterocycles. The van der Waals surface area contributed by atoms with Crippen LogP contribution in [-0.2, 0) is 25.7 Å². The van der Waals surface area contributed by atoms with Gasteiger partial charge in [-0.1, -0.05) is 56.2 Å². The van der Waals surface area contributed by atoms with E-state index < -0.39 is 29.6 Å². The fourth-order valence-electron chi connectivity index (χ4n) is 2.87. The summed E-state index contributed by atoms with van der Waals surface area (Å²) in [5.41, 5.74) is 0.522. The van der Waals surface area contributed by atoms with E-state index in [9.17, 15) is 14.4 Å². The molecule has 2 rings (SSSR count). The zero-order valence-electron chi connectivity index (χ0n) is 17.1. The van der Waals surface area contributed by atoms with Gasteiger partial charge in [0.1, 0.15) is 18.2 Å². The lowest BCUT2D eigenvalue weighted by atomic mass is 10.1. The lowest BCUT2D eigenvalue weighted by Crippen LogP contribution is -2.46. The quantitative estimate of drug-likeness (QED) is 0.411. The van der Waals surface area contributed by atoms with Crippen LogP contribution in [0.25, 0.3) is 0 Å².